The lowest BCUT2D eigenvalue weighted by Gasteiger charge is -2.34. The van der Waals surface area contributed by atoms with E-state index in [-0.39, 0.29) is 6.10 Å². The predicted octanol–water partition coefficient (Wildman–Crippen LogP) is 0.589. The third-order valence-electron chi connectivity index (χ3n) is 2.50. The van der Waals surface area contributed by atoms with Crippen LogP contribution in [-0.4, -0.2) is 29.3 Å². The van der Waals surface area contributed by atoms with Gasteiger partial charge in [-0.05, 0) is 24.7 Å². The van der Waals surface area contributed by atoms with Crippen molar-refractivity contribution in [3.63, 3.8) is 0 Å². The maximum Gasteiger partial charge on any atom is 0.0594 e. The van der Waals surface area contributed by atoms with Crippen LogP contribution in [-0.2, 0) is 0 Å². The molecule has 72 valence electrons. The molecule has 0 radical (unpaired) electrons. The lowest BCUT2D eigenvalue weighted by molar-refractivity contribution is 0.0174. The predicted molar refractivity (Wildman–Crippen MR) is 49.3 cm³/mol. The highest BCUT2D eigenvalue weighted by atomic mass is 16.3. The Kier molecular flexibility index (Phi) is 3.50. The molecule has 0 aliphatic carbocycles. The maximum absolute atomic E-state index is 9.65. The molecule has 0 aromatic rings. The average Bonchev–Trinajstić information content (AvgIpc) is 1.96. The second-order valence-corrected chi connectivity index (χ2v) is 4.24. The second kappa shape index (κ2) is 4.21. The van der Waals surface area contributed by atoms with E-state index in [1.165, 1.54) is 0 Å². The number of hydrazine groups is 1. The lowest BCUT2D eigenvalue weighted by atomic mass is 9.88. The molecule has 1 saturated heterocycles. The van der Waals surface area contributed by atoms with E-state index in [1.54, 1.807) is 0 Å². The first-order valence-corrected chi connectivity index (χ1v) is 4.77. The molecule has 0 bridgehead atoms. The van der Waals surface area contributed by atoms with E-state index in [0.717, 1.165) is 25.9 Å². The Morgan fingerprint density at radius 1 is 1.58 bits per heavy atom. The third kappa shape index (κ3) is 2.73. The van der Waals surface area contributed by atoms with Crippen LogP contribution >= 0.6 is 0 Å². The zero-order chi connectivity index (χ0) is 9.14. The largest absolute Gasteiger partial charge is 0.393 e. The Labute approximate surface area is 74.5 Å². The van der Waals surface area contributed by atoms with Gasteiger partial charge in [0.05, 0.1) is 6.10 Å². The van der Waals surface area contributed by atoms with Crippen LogP contribution in [0.15, 0.2) is 0 Å². The van der Waals surface area contributed by atoms with Crippen LogP contribution in [0, 0.1) is 11.8 Å². The van der Waals surface area contributed by atoms with Gasteiger partial charge in [-0.25, -0.2) is 5.01 Å². The summed E-state index contributed by atoms with van der Waals surface area (Å²) in [5.41, 5.74) is 0. The van der Waals surface area contributed by atoms with Gasteiger partial charge in [0.2, 0.25) is 0 Å². The highest BCUT2D eigenvalue weighted by Crippen LogP contribution is 2.21. The first kappa shape index (κ1) is 9.96. The molecule has 0 aromatic heterocycles. The monoisotopic (exact) mass is 172 g/mol. The number of piperidine rings is 1. The minimum absolute atomic E-state index is 0.132. The van der Waals surface area contributed by atoms with Gasteiger partial charge in [0.15, 0.2) is 0 Å². The van der Waals surface area contributed by atoms with E-state index >= 15 is 0 Å². The molecule has 0 aromatic carbocycles. The fraction of sp³-hybridized carbons (Fsp3) is 1.00. The van der Waals surface area contributed by atoms with E-state index in [9.17, 15) is 5.11 Å². The fourth-order valence-corrected chi connectivity index (χ4v) is 1.89. The van der Waals surface area contributed by atoms with Crippen molar-refractivity contribution in [1.29, 1.82) is 0 Å². The molecule has 2 atom stereocenters. The Hall–Kier alpha value is -0.120. The van der Waals surface area contributed by atoms with Crippen LogP contribution in [0.25, 0.3) is 0 Å². The molecule has 1 aliphatic rings. The van der Waals surface area contributed by atoms with E-state index in [1.807, 2.05) is 5.01 Å². The van der Waals surface area contributed by atoms with Gasteiger partial charge in [0, 0.05) is 13.1 Å². The van der Waals surface area contributed by atoms with Gasteiger partial charge in [-0.1, -0.05) is 13.8 Å². The van der Waals surface area contributed by atoms with Gasteiger partial charge in [-0.2, -0.15) is 0 Å². The quantitative estimate of drug-likeness (QED) is 0.599. The molecule has 3 heteroatoms. The average molecular weight is 172 g/mol. The summed E-state index contributed by atoms with van der Waals surface area (Å²) in [6.07, 6.45) is 1.77. The number of hydrogen-bond donors (Lipinski definition) is 2. The minimum atomic E-state index is -0.132. The molecule has 0 amide bonds. The molecule has 0 saturated carbocycles. The van der Waals surface area contributed by atoms with Gasteiger partial charge < -0.3 is 5.11 Å². The number of aliphatic hydroxyl groups excluding tert-OH is 1. The maximum atomic E-state index is 9.65. The third-order valence-corrected chi connectivity index (χ3v) is 2.50. The summed E-state index contributed by atoms with van der Waals surface area (Å²) >= 11 is 0. The lowest BCUT2D eigenvalue weighted by Crippen LogP contribution is -2.46. The summed E-state index contributed by atoms with van der Waals surface area (Å²) in [6.45, 7) is 6.04. The van der Waals surface area contributed by atoms with Crippen molar-refractivity contribution >= 4 is 0 Å². The summed E-state index contributed by atoms with van der Waals surface area (Å²) in [6, 6.07) is 0. The van der Waals surface area contributed by atoms with Crippen LogP contribution in [0.5, 0.6) is 0 Å². The Morgan fingerprint density at radius 3 is 2.83 bits per heavy atom. The molecule has 1 fully saturated rings. The van der Waals surface area contributed by atoms with Crippen molar-refractivity contribution in [1.82, 2.24) is 5.01 Å². The highest BCUT2D eigenvalue weighted by molar-refractivity contribution is 4.78. The molecular weight excluding hydrogens is 152 g/mol. The minimum Gasteiger partial charge on any atom is -0.393 e. The van der Waals surface area contributed by atoms with E-state index < -0.39 is 0 Å². The number of nitrogens with two attached hydrogens (primary N) is 1. The van der Waals surface area contributed by atoms with Gasteiger partial charge >= 0.3 is 0 Å². The first-order chi connectivity index (χ1) is 5.59. The van der Waals surface area contributed by atoms with E-state index in [2.05, 4.69) is 13.8 Å². The topological polar surface area (TPSA) is 49.5 Å². The molecular formula is C9H20N2O. The molecule has 12 heavy (non-hydrogen) atoms. The molecule has 1 rings (SSSR count). The molecule has 1 heterocycles. The van der Waals surface area contributed by atoms with Crippen molar-refractivity contribution in [3.8, 4) is 0 Å². The van der Waals surface area contributed by atoms with Crippen molar-refractivity contribution in [2.24, 2.45) is 17.7 Å². The number of nitrogens with zero attached hydrogens (tertiary/aromatic N) is 1. The zero-order valence-electron chi connectivity index (χ0n) is 8.03. The molecule has 0 spiro atoms. The Morgan fingerprint density at radius 2 is 2.25 bits per heavy atom. The summed E-state index contributed by atoms with van der Waals surface area (Å²) in [5.74, 6) is 6.71. The SMILES string of the molecule is CC(C)C[C@@H]1CN(N)CC[C@@H]1O. The molecule has 3 nitrogen and oxygen atoms in total. The van der Waals surface area contributed by atoms with E-state index in [0.29, 0.717) is 11.8 Å². The van der Waals surface area contributed by atoms with Crippen molar-refractivity contribution in [2.75, 3.05) is 13.1 Å². The molecule has 0 unspecified atom stereocenters. The summed E-state index contributed by atoms with van der Waals surface area (Å²) in [5, 5.41) is 11.5. The van der Waals surface area contributed by atoms with Crippen LogP contribution in [0.3, 0.4) is 0 Å². The second-order valence-electron chi connectivity index (χ2n) is 4.24. The van der Waals surface area contributed by atoms with Crippen LogP contribution in [0.1, 0.15) is 26.7 Å². The first-order valence-electron chi connectivity index (χ1n) is 4.77. The number of hydrogen-bond acceptors (Lipinski definition) is 3. The van der Waals surface area contributed by atoms with Gasteiger partial charge in [-0.15, -0.1) is 0 Å². The highest BCUT2D eigenvalue weighted by Gasteiger charge is 2.26. The molecule has 3 N–H and O–H groups in total. The summed E-state index contributed by atoms with van der Waals surface area (Å²) in [4.78, 5) is 0. The summed E-state index contributed by atoms with van der Waals surface area (Å²) < 4.78 is 0. The van der Waals surface area contributed by atoms with Crippen molar-refractivity contribution in [2.45, 2.75) is 32.8 Å². The van der Waals surface area contributed by atoms with Crippen LogP contribution < -0.4 is 5.84 Å². The smallest absolute Gasteiger partial charge is 0.0594 e. The zero-order valence-corrected chi connectivity index (χ0v) is 8.03. The van der Waals surface area contributed by atoms with Crippen LogP contribution in [0.4, 0.5) is 0 Å². The Balaban J connectivity index is 2.38. The normalized spacial score (nSPS) is 32.8. The number of rotatable bonds is 2. The van der Waals surface area contributed by atoms with Crippen molar-refractivity contribution < 1.29 is 5.11 Å². The van der Waals surface area contributed by atoms with Gasteiger partial charge in [-0.3, -0.25) is 5.84 Å². The standard InChI is InChI=1S/C9H20N2O/c1-7(2)5-8-6-11(10)4-3-9(8)12/h7-9,12H,3-6,10H2,1-2H3/t8-,9+/m1/s1. The van der Waals surface area contributed by atoms with Gasteiger partial charge in [0.1, 0.15) is 0 Å². The number of aliphatic hydroxyl groups is 1. The van der Waals surface area contributed by atoms with Crippen molar-refractivity contribution in [3.05, 3.63) is 0 Å². The summed E-state index contributed by atoms with van der Waals surface area (Å²) in [7, 11) is 0. The molecule has 1 aliphatic heterocycles. The van der Waals surface area contributed by atoms with Crippen LogP contribution in [0.2, 0.25) is 0 Å². The Bertz CT molecular complexity index is 136. The van der Waals surface area contributed by atoms with Gasteiger partial charge in [0.25, 0.3) is 0 Å². The fourth-order valence-electron chi connectivity index (χ4n) is 1.89. The van der Waals surface area contributed by atoms with E-state index in [4.69, 9.17) is 5.84 Å².